The molecule has 14 heavy (non-hydrogen) atoms. The molecule has 0 radical (unpaired) electrons. The summed E-state index contributed by atoms with van der Waals surface area (Å²) in [5.41, 5.74) is 3.18. The third-order valence-electron chi connectivity index (χ3n) is 1.33. The van der Waals surface area contributed by atoms with Crippen LogP contribution in [0.25, 0.3) is 0 Å². The van der Waals surface area contributed by atoms with Gasteiger partial charge in [-0.05, 0) is 6.92 Å². The second kappa shape index (κ2) is 4.35. The fourth-order valence-corrected chi connectivity index (χ4v) is 0.773. The highest BCUT2D eigenvalue weighted by Crippen LogP contribution is 1.91. The molecule has 1 aliphatic rings. The van der Waals surface area contributed by atoms with E-state index in [1.165, 1.54) is 0 Å². The molecule has 7 heteroatoms. The molecule has 2 N–H and O–H groups in total. The molecule has 0 saturated heterocycles. The Morgan fingerprint density at radius 1 is 1.36 bits per heavy atom. The maximum absolute atomic E-state index is 10.2. The molecule has 0 fully saturated rings. The quantitative estimate of drug-likeness (QED) is 0.589. The summed E-state index contributed by atoms with van der Waals surface area (Å²) >= 11 is 0. The van der Waals surface area contributed by atoms with Crippen LogP contribution < -0.4 is 11.2 Å². The number of aryl methyl sites for hydroxylation is 1. The molecule has 2 heterocycles. The number of rotatable bonds is 0. The zero-order chi connectivity index (χ0) is 10.6. The lowest BCUT2D eigenvalue weighted by Crippen LogP contribution is -2.08. The molecule has 0 unspecified atom stereocenters. The fourth-order valence-electron chi connectivity index (χ4n) is 0.773. The first-order chi connectivity index (χ1) is 6.58. The lowest BCUT2D eigenvalue weighted by molar-refractivity contribution is -0.119. The van der Waals surface area contributed by atoms with Gasteiger partial charge >= 0.3 is 5.76 Å². The van der Waals surface area contributed by atoms with Gasteiger partial charge < -0.3 is 4.42 Å². The summed E-state index contributed by atoms with van der Waals surface area (Å²) in [4.78, 5) is 20.2. The summed E-state index contributed by atoms with van der Waals surface area (Å²) in [5, 5.41) is 9.14. The van der Waals surface area contributed by atoms with Gasteiger partial charge in [-0.3, -0.25) is 4.79 Å². The van der Waals surface area contributed by atoms with Crippen molar-refractivity contribution in [2.75, 3.05) is 0 Å². The standard InChI is InChI=1S/C4H6N2O.C3H4N2O2/c1-3-2-4(7)6-5-3;1-2-4-5-3(6)7-2/h2H2,1H3,(H,6,7);1H3,(H,5,6). The number of nitrogens with zero attached hydrogens (tertiary/aromatic N) is 2. The van der Waals surface area contributed by atoms with E-state index in [0.717, 1.165) is 5.71 Å². The van der Waals surface area contributed by atoms with E-state index >= 15 is 0 Å². The number of aromatic amines is 1. The minimum atomic E-state index is -0.502. The van der Waals surface area contributed by atoms with Gasteiger partial charge in [0.15, 0.2) is 0 Å². The summed E-state index contributed by atoms with van der Waals surface area (Å²) in [5.74, 6) is -0.139. The predicted molar refractivity (Wildman–Crippen MR) is 47.7 cm³/mol. The molecule has 1 aromatic rings. The first kappa shape index (κ1) is 10.2. The smallest absolute Gasteiger partial charge is 0.393 e. The lowest BCUT2D eigenvalue weighted by atomic mass is 10.3. The number of carbonyl (C=O) groups excluding carboxylic acids is 1. The number of hydrogen-bond donors (Lipinski definition) is 2. The highest BCUT2D eigenvalue weighted by Gasteiger charge is 2.07. The molecule has 0 aromatic carbocycles. The average molecular weight is 198 g/mol. The normalized spacial score (nSPS) is 14.1. The van der Waals surface area contributed by atoms with Crippen molar-refractivity contribution in [2.45, 2.75) is 20.3 Å². The fraction of sp³-hybridized carbons (Fsp3) is 0.429. The van der Waals surface area contributed by atoms with Crippen molar-refractivity contribution in [2.24, 2.45) is 5.10 Å². The molecule has 0 spiro atoms. The molecule has 7 nitrogen and oxygen atoms in total. The molecule has 0 saturated carbocycles. The Hall–Kier alpha value is -1.92. The molecule has 1 aliphatic heterocycles. The monoisotopic (exact) mass is 198 g/mol. The summed E-state index contributed by atoms with van der Waals surface area (Å²) in [7, 11) is 0. The Morgan fingerprint density at radius 2 is 2.07 bits per heavy atom. The Balaban J connectivity index is 0.000000140. The average Bonchev–Trinajstić information content (AvgIpc) is 2.63. The zero-order valence-corrected chi connectivity index (χ0v) is 7.83. The van der Waals surface area contributed by atoms with Crippen LogP contribution in [0.4, 0.5) is 0 Å². The number of carbonyl (C=O) groups is 1. The summed E-state index contributed by atoms with van der Waals surface area (Å²) in [6.45, 7) is 3.41. The van der Waals surface area contributed by atoms with Crippen LogP contribution in [-0.2, 0) is 4.79 Å². The van der Waals surface area contributed by atoms with E-state index in [0.29, 0.717) is 12.3 Å². The van der Waals surface area contributed by atoms with Crippen molar-refractivity contribution < 1.29 is 9.21 Å². The molecule has 0 aliphatic carbocycles. The van der Waals surface area contributed by atoms with E-state index < -0.39 is 5.76 Å². The summed E-state index contributed by atoms with van der Waals surface area (Å²) in [6.07, 6.45) is 0.472. The Kier molecular flexibility index (Phi) is 3.16. The van der Waals surface area contributed by atoms with E-state index in [1.807, 2.05) is 6.92 Å². The SMILES string of the molecule is CC1=NNC(=O)C1.Cc1n[nH]c(=O)o1. The van der Waals surface area contributed by atoms with Crippen molar-refractivity contribution in [1.29, 1.82) is 0 Å². The van der Waals surface area contributed by atoms with Crippen LogP contribution in [0.5, 0.6) is 0 Å². The van der Waals surface area contributed by atoms with Crippen LogP contribution in [0, 0.1) is 6.92 Å². The summed E-state index contributed by atoms with van der Waals surface area (Å²) in [6, 6.07) is 0. The zero-order valence-electron chi connectivity index (χ0n) is 7.83. The maximum atomic E-state index is 10.2. The Morgan fingerprint density at radius 3 is 2.21 bits per heavy atom. The summed E-state index contributed by atoms with van der Waals surface area (Å²) < 4.78 is 4.36. The van der Waals surface area contributed by atoms with Gasteiger partial charge in [0.05, 0.1) is 6.42 Å². The second-order valence-electron chi connectivity index (χ2n) is 2.69. The third kappa shape index (κ3) is 3.21. The highest BCUT2D eigenvalue weighted by molar-refractivity contribution is 6.03. The topological polar surface area (TPSA) is 100 Å². The molecule has 1 amide bonds. The highest BCUT2D eigenvalue weighted by atomic mass is 16.4. The second-order valence-corrected chi connectivity index (χ2v) is 2.69. The number of nitrogens with one attached hydrogen (secondary N) is 2. The van der Waals surface area contributed by atoms with Gasteiger partial charge in [-0.25, -0.2) is 15.3 Å². The number of hydrazone groups is 1. The largest absolute Gasteiger partial charge is 0.434 e. The minimum Gasteiger partial charge on any atom is -0.393 e. The van der Waals surface area contributed by atoms with Crippen molar-refractivity contribution in [1.82, 2.24) is 15.6 Å². The number of hydrogen-bond acceptors (Lipinski definition) is 5. The van der Waals surface area contributed by atoms with Gasteiger partial charge in [0.2, 0.25) is 11.8 Å². The molecule has 1 aromatic heterocycles. The third-order valence-corrected chi connectivity index (χ3v) is 1.33. The molecule has 2 rings (SSSR count). The van der Waals surface area contributed by atoms with Gasteiger partial charge in [0.1, 0.15) is 0 Å². The van der Waals surface area contributed by atoms with E-state index in [4.69, 9.17) is 0 Å². The number of aromatic nitrogens is 2. The van der Waals surface area contributed by atoms with Crippen molar-refractivity contribution in [3.8, 4) is 0 Å². The van der Waals surface area contributed by atoms with Crippen molar-refractivity contribution >= 4 is 11.6 Å². The van der Waals surface area contributed by atoms with Gasteiger partial charge in [-0.1, -0.05) is 0 Å². The first-order valence-electron chi connectivity index (χ1n) is 3.92. The van der Waals surface area contributed by atoms with E-state index in [2.05, 4.69) is 25.1 Å². The van der Waals surface area contributed by atoms with Crippen molar-refractivity contribution in [3.63, 3.8) is 0 Å². The lowest BCUT2D eigenvalue weighted by Gasteiger charge is -1.77. The van der Waals surface area contributed by atoms with Crippen LogP contribution >= 0.6 is 0 Å². The molecule has 0 atom stereocenters. The Bertz CT molecular complexity index is 403. The van der Waals surface area contributed by atoms with Crippen LogP contribution in [0.15, 0.2) is 14.3 Å². The number of amides is 1. The number of H-pyrrole nitrogens is 1. The van der Waals surface area contributed by atoms with Crippen LogP contribution in [0.2, 0.25) is 0 Å². The van der Waals surface area contributed by atoms with Crippen LogP contribution in [0.3, 0.4) is 0 Å². The minimum absolute atomic E-state index is 0.00231. The van der Waals surface area contributed by atoms with E-state index in [1.54, 1.807) is 6.92 Å². The maximum Gasteiger partial charge on any atom is 0.434 e. The van der Waals surface area contributed by atoms with Crippen molar-refractivity contribution in [3.05, 3.63) is 16.4 Å². The predicted octanol–water partition coefficient (Wildman–Crippen LogP) is -0.446. The van der Waals surface area contributed by atoms with Gasteiger partial charge in [-0.2, -0.15) is 5.10 Å². The van der Waals surface area contributed by atoms with E-state index in [-0.39, 0.29) is 5.91 Å². The molecule has 0 bridgehead atoms. The van der Waals surface area contributed by atoms with Gasteiger partial charge in [0, 0.05) is 12.6 Å². The van der Waals surface area contributed by atoms with Gasteiger partial charge in [-0.15, -0.1) is 5.10 Å². The molecule has 76 valence electrons. The van der Waals surface area contributed by atoms with Gasteiger partial charge in [0.25, 0.3) is 0 Å². The van der Waals surface area contributed by atoms with Crippen LogP contribution in [0.1, 0.15) is 19.2 Å². The van der Waals surface area contributed by atoms with Crippen LogP contribution in [-0.4, -0.2) is 21.8 Å². The first-order valence-corrected chi connectivity index (χ1v) is 3.92. The molecular formula is C7H10N4O3. The Labute approximate surface area is 79.2 Å². The molecular weight excluding hydrogens is 188 g/mol. The van der Waals surface area contributed by atoms with E-state index in [9.17, 15) is 9.59 Å².